The topological polar surface area (TPSA) is 80.3 Å². The van der Waals surface area contributed by atoms with Crippen LogP contribution in [-0.4, -0.2) is 45.7 Å². The van der Waals surface area contributed by atoms with E-state index in [1.807, 2.05) is 6.92 Å². The summed E-state index contributed by atoms with van der Waals surface area (Å²) < 4.78 is 50.5. The predicted octanol–water partition coefficient (Wildman–Crippen LogP) is 2.11. The quantitative estimate of drug-likeness (QED) is 0.840. The highest BCUT2D eigenvalue weighted by Crippen LogP contribution is 2.28. The van der Waals surface area contributed by atoms with E-state index in [1.54, 1.807) is 24.3 Å². The highest BCUT2D eigenvalue weighted by atomic mass is 32.2. The molecule has 2 aliphatic rings. The first-order chi connectivity index (χ1) is 11.8. The Kier molecular flexibility index (Phi) is 5.56. The molecule has 1 heterocycles. The van der Waals surface area contributed by atoms with Gasteiger partial charge in [0, 0.05) is 12.1 Å². The molecule has 3 rings (SSSR count). The lowest BCUT2D eigenvalue weighted by Crippen LogP contribution is -2.48. The van der Waals surface area contributed by atoms with Gasteiger partial charge in [-0.05, 0) is 37.0 Å². The van der Waals surface area contributed by atoms with Crippen molar-refractivity contribution in [2.24, 2.45) is 0 Å². The van der Waals surface area contributed by atoms with Gasteiger partial charge in [-0.3, -0.25) is 0 Å². The lowest BCUT2D eigenvalue weighted by atomic mass is 9.95. The number of nitrogens with one attached hydrogen (secondary N) is 1. The molecule has 1 saturated carbocycles. The summed E-state index contributed by atoms with van der Waals surface area (Å²) in [6.07, 6.45) is 6.26. The number of rotatable bonds is 5. The van der Waals surface area contributed by atoms with E-state index in [0.29, 0.717) is 0 Å². The van der Waals surface area contributed by atoms with Crippen LogP contribution in [0.4, 0.5) is 0 Å². The van der Waals surface area contributed by atoms with Crippen LogP contribution in [0.1, 0.15) is 44.6 Å². The van der Waals surface area contributed by atoms with E-state index in [-0.39, 0.29) is 22.4 Å². The van der Waals surface area contributed by atoms with Crippen LogP contribution < -0.4 is 5.32 Å². The second-order valence-corrected chi connectivity index (χ2v) is 11.6. The van der Waals surface area contributed by atoms with E-state index in [9.17, 15) is 16.8 Å². The Morgan fingerprint density at radius 2 is 1.68 bits per heavy atom. The average Bonchev–Trinajstić information content (AvgIpc) is 2.91. The molecule has 2 atom stereocenters. The first-order valence-electron chi connectivity index (χ1n) is 9.11. The molecule has 0 unspecified atom stereocenters. The monoisotopic (exact) mass is 385 g/mol. The molecule has 2 fully saturated rings. The molecule has 1 aromatic carbocycles. The number of aryl methyl sites for hydroxylation is 1. The van der Waals surface area contributed by atoms with Gasteiger partial charge in [-0.2, -0.15) is 0 Å². The van der Waals surface area contributed by atoms with Crippen molar-refractivity contribution in [1.29, 1.82) is 0 Å². The molecule has 5 nitrogen and oxygen atoms in total. The number of hydrogen-bond acceptors (Lipinski definition) is 5. The van der Waals surface area contributed by atoms with Crippen LogP contribution in [0.25, 0.3) is 0 Å². The van der Waals surface area contributed by atoms with Gasteiger partial charge in [-0.25, -0.2) is 16.8 Å². The standard InChI is InChI=1S/C18H27NO4S2/c1-2-14-8-10-16(11-9-14)25(22,23)18-13-24(20,21)12-17(18)19-15-6-4-3-5-7-15/h8-11,15,17-19H,2-7,12-13H2,1H3/t17-,18-/m0/s1. The van der Waals surface area contributed by atoms with E-state index in [1.165, 1.54) is 6.42 Å². The molecule has 0 aromatic heterocycles. The van der Waals surface area contributed by atoms with Gasteiger partial charge in [0.05, 0.1) is 21.7 Å². The zero-order valence-corrected chi connectivity index (χ0v) is 16.3. The Balaban J connectivity index is 1.85. The predicted molar refractivity (Wildman–Crippen MR) is 99.2 cm³/mol. The average molecular weight is 386 g/mol. The molecule has 1 aliphatic carbocycles. The molecule has 7 heteroatoms. The van der Waals surface area contributed by atoms with Crippen LogP contribution in [0.5, 0.6) is 0 Å². The first kappa shape index (κ1) is 18.9. The molecule has 0 bridgehead atoms. The number of benzene rings is 1. The maximum Gasteiger partial charge on any atom is 0.183 e. The zero-order chi connectivity index (χ0) is 18.1. The Morgan fingerprint density at radius 3 is 2.28 bits per heavy atom. The van der Waals surface area contributed by atoms with Gasteiger partial charge in [0.25, 0.3) is 0 Å². The fourth-order valence-electron chi connectivity index (χ4n) is 3.94. The SMILES string of the molecule is CCc1ccc(S(=O)(=O)[C@H]2CS(=O)(=O)C[C@@H]2NC2CCCCC2)cc1. The fraction of sp³-hybridized carbons (Fsp3) is 0.667. The van der Waals surface area contributed by atoms with Crippen LogP contribution >= 0.6 is 0 Å². The zero-order valence-electron chi connectivity index (χ0n) is 14.6. The third-order valence-corrected chi connectivity index (χ3v) is 9.58. The van der Waals surface area contributed by atoms with Crippen LogP contribution in [0.15, 0.2) is 29.2 Å². The van der Waals surface area contributed by atoms with Gasteiger partial charge in [0.2, 0.25) is 0 Å². The lowest BCUT2D eigenvalue weighted by Gasteiger charge is -2.28. The maximum absolute atomic E-state index is 13.1. The van der Waals surface area contributed by atoms with Crippen molar-refractivity contribution < 1.29 is 16.8 Å². The summed E-state index contributed by atoms with van der Waals surface area (Å²) in [6, 6.07) is 6.55. The summed E-state index contributed by atoms with van der Waals surface area (Å²) in [4.78, 5) is 0.224. The van der Waals surface area contributed by atoms with E-state index in [0.717, 1.165) is 37.7 Å². The minimum Gasteiger partial charge on any atom is -0.309 e. The summed E-state index contributed by atoms with van der Waals surface area (Å²) in [5.74, 6) is -0.365. The minimum atomic E-state index is -3.68. The van der Waals surface area contributed by atoms with Gasteiger partial charge >= 0.3 is 0 Å². The molecule has 25 heavy (non-hydrogen) atoms. The van der Waals surface area contributed by atoms with Gasteiger partial charge in [0.15, 0.2) is 19.7 Å². The molecule has 1 aliphatic heterocycles. The molecule has 0 spiro atoms. The third-order valence-electron chi connectivity index (χ3n) is 5.41. The van der Waals surface area contributed by atoms with Gasteiger partial charge in [-0.15, -0.1) is 0 Å². The smallest absolute Gasteiger partial charge is 0.183 e. The molecular formula is C18H27NO4S2. The molecular weight excluding hydrogens is 358 g/mol. The molecule has 1 N–H and O–H groups in total. The van der Waals surface area contributed by atoms with E-state index >= 15 is 0 Å². The largest absolute Gasteiger partial charge is 0.309 e. The second-order valence-electron chi connectivity index (χ2n) is 7.27. The van der Waals surface area contributed by atoms with E-state index in [4.69, 9.17) is 0 Å². The third kappa shape index (κ3) is 4.26. The van der Waals surface area contributed by atoms with Gasteiger partial charge in [-0.1, -0.05) is 38.3 Å². The number of hydrogen-bond donors (Lipinski definition) is 1. The molecule has 1 saturated heterocycles. The second kappa shape index (κ2) is 7.37. The van der Waals surface area contributed by atoms with Crippen molar-refractivity contribution in [3.05, 3.63) is 29.8 Å². The summed E-state index contributed by atoms with van der Waals surface area (Å²) in [7, 11) is -7.02. The summed E-state index contributed by atoms with van der Waals surface area (Å²) in [6.45, 7) is 2.01. The Hall–Kier alpha value is -0.920. The van der Waals surface area contributed by atoms with Gasteiger partial charge < -0.3 is 5.32 Å². The van der Waals surface area contributed by atoms with Crippen molar-refractivity contribution in [1.82, 2.24) is 5.32 Å². The van der Waals surface area contributed by atoms with Crippen LogP contribution in [0.2, 0.25) is 0 Å². The van der Waals surface area contributed by atoms with Crippen LogP contribution in [0, 0.1) is 0 Å². The van der Waals surface area contributed by atoms with E-state index < -0.39 is 31.0 Å². The van der Waals surface area contributed by atoms with Crippen molar-refractivity contribution >= 4 is 19.7 Å². The molecule has 140 valence electrons. The Morgan fingerprint density at radius 1 is 1.04 bits per heavy atom. The van der Waals surface area contributed by atoms with Crippen LogP contribution in [-0.2, 0) is 26.1 Å². The molecule has 0 radical (unpaired) electrons. The van der Waals surface area contributed by atoms with Gasteiger partial charge in [0.1, 0.15) is 0 Å². The molecule has 0 amide bonds. The summed E-state index contributed by atoms with van der Waals surface area (Å²) in [5, 5.41) is 2.47. The van der Waals surface area contributed by atoms with Crippen LogP contribution in [0.3, 0.4) is 0 Å². The summed E-state index contributed by atoms with van der Waals surface area (Å²) in [5.41, 5.74) is 1.06. The highest BCUT2D eigenvalue weighted by Gasteiger charge is 2.46. The van der Waals surface area contributed by atoms with Crippen molar-refractivity contribution in [3.63, 3.8) is 0 Å². The van der Waals surface area contributed by atoms with Crippen molar-refractivity contribution in [2.45, 2.75) is 67.7 Å². The lowest BCUT2D eigenvalue weighted by molar-refractivity contribution is 0.345. The highest BCUT2D eigenvalue weighted by molar-refractivity contribution is 7.96. The molecule has 1 aromatic rings. The van der Waals surface area contributed by atoms with Crippen molar-refractivity contribution in [2.75, 3.05) is 11.5 Å². The maximum atomic E-state index is 13.1. The van der Waals surface area contributed by atoms with E-state index in [2.05, 4.69) is 5.32 Å². The summed E-state index contributed by atoms with van der Waals surface area (Å²) >= 11 is 0. The number of sulfone groups is 2. The minimum absolute atomic E-state index is 0.0829. The fourth-order valence-corrected chi connectivity index (χ4v) is 8.62. The first-order valence-corrected chi connectivity index (χ1v) is 12.5. The Bertz CT molecular complexity index is 794. The van der Waals surface area contributed by atoms with Crippen molar-refractivity contribution in [3.8, 4) is 0 Å². The Labute approximate surface area is 151 Å². The normalized spacial score (nSPS) is 27.4.